The summed E-state index contributed by atoms with van der Waals surface area (Å²) < 4.78 is 11.2. The fourth-order valence-corrected chi connectivity index (χ4v) is 3.00. The molecule has 2 aromatic carbocycles. The average molecular weight is 552 g/mol. The molecule has 0 spiro atoms. The van der Waals surface area contributed by atoms with Gasteiger partial charge in [-0.05, 0) is 55.0 Å². The molecule has 7 nitrogen and oxygen atoms in total. The van der Waals surface area contributed by atoms with Crippen LogP contribution in [0.25, 0.3) is 0 Å². The highest BCUT2D eigenvalue weighted by Gasteiger charge is 2.22. The zero-order valence-corrected chi connectivity index (χ0v) is 21.3. The van der Waals surface area contributed by atoms with Gasteiger partial charge in [-0.15, -0.1) is 24.0 Å². The monoisotopic (exact) mass is 552 g/mol. The molecule has 32 heavy (non-hydrogen) atoms. The number of carbonyl (C=O) groups is 1. The van der Waals surface area contributed by atoms with Gasteiger partial charge in [-0.25, -0.2) is 0 Å². The van der Waals surface area contributed by atoms with Crippen molar-refractivity contribution in [2.75, 3.05) is 27.3 Å². The maximum atomic E-state index is 12.2. The largest absolute Gasteiger partial charge is 0.497 e. The van der Waals surface area contributed by atoms with Crippen molar-refractivity contribution in [3.8, 4) is 11.5 Å². The number of aryl methyl sites for hydroxylation is 1. The number of carbonyl (C=O) groups excluding carboxylic acids is 1. The van der Waals surface area contributed by atoms with Crippen molar-refractivity contribution in [3.63, 3.8) is 0 Å². The highest BCUT2D eigenvalue weighted by Crippen LogP contribution is 2.30. The van der Waals surface area contributed by atoms with Crippen molar-refractivity contribution in [2.24, 2.45) is 10.9 Å². The molecule has 2 aromatic rings. The molecule has 3 rings (SSSR count). The Morgan fingerprint density at radius 2 is 1.81 bits per heavy atom. The van der Waals surface area contributed by atoms with Gasteiger partial charge in [0.1, 0.15) is 11.5 Å². The molecule has 0 heterocycles. The van der Waals surface area contributed by atoms with Gasteiger partial charge in [-0.1, -0.05) is 24.3 Å². The van der Waals surface area contributed by atoms with Gasteiger partial charge in [-0.2, -0.15) is 0 Å². The lowest BCUT2D eigenvalue weighted by atomic mass is 10.1. The van der Waals surface area contributed by atoms with E-state index in [0.29, 0.717) is 25.0 Å². The first-order valence-corrected chi connectivity index (χ1v) is 10.6. The van der Waals surface area contributed by atoms with Crippen LogP contribution in [0.1, 0.15) is 29.5 Å². The standard InChI is InChI=1S/C24H32N4O3.HI/c1-17-4-9-20(22(12-17)31-16-19-5-6-19)14-27-24(25-2)28-15-23(29)26-13-18-7-10-21(30-3)11-8-18;/h4,7-12,19H,5-6,13-16H2,1-3H3,(H,26,29)(H2,25,27,28);1H. The maximum Gasteiger partial charge on any atom is 0.239 e. The SMILES string of the molecule is CN=C(NCC(=O)NCc1ccc(OC)cc1)NCc1ccc(C)cc1OCC1CC1.I. The summed E-state index contributed by atoms with van der Waals surface area (Å²) in [6, 6.07) is 13.8. The number of benzene rings is 2. The molecule has 1 saturated carbocycles. The van der Waals surface area contributed by atoms with E-state index in [-0.39, 0.29) is 36.4 Å². The van der Waals surface area contributed by atoms with E-state index in [1.807, 2.05) is 24.3 Å². The van der Waals surface area contributed by atoms with E-state index in [1.165, 1.54) is 18.4 Å². The summed E-state index contributed by atoms with van der Waals surface area (Å²) in [5.74, 6) is 2.86. The minimum Gasteiger partial charge on any atom is -0.497 e. The Kier molecular flexibility index (Phi) is 10.6. The van der Waals surface area contributed by atoms with Crippen LogP contribution in [0.2, 0.25) is 0 Å². The van der Waals surface area contributed by atoms with Gasteiger partial charge in [-0.3, -0.25) is 9.79 Å². The number of hydrogen-bond donors (Lipinski definition) is 3. The second kappa shape index (κ2) is 13.1. The second-order valence-electron chi connectivity index (χ2n) is 7.77. The van der Waals surface area contributed by atoms with Crippen molar-refractivity contribution in [2.45, 2.75) is 32.9 Å². The van der Waals surface area contributed by atoms with E-state index in [2.05, 4.69) is 46.1 Å². The van der Waals surface area contributed by atoms with Crippen LogP contribution in [-0.2, 0) is 17.9 Å². The first-order chi connectivity index (χ1) is 15.1. The number of halogens is 1. The molecular formula is C24H33IN4O3. The Bertz CT molecular complexity index is 899. The molecule has 174 valence electrons. The Balaban J connectivity index is 0.00000363. The van der Waals surface area contributed by atoms with Crippen molar-refractivity contribution in [1.82, 2.24) is 16.0 Å². The Morgan fingerprint density at radius 3 is 2.47 bits per heavy atom. The fourth-order valence-electron chi connectivity index (χ4n) is 3.00. The van der Waals surface area contributed by atoms with Gasteiger partial charge < -0.3 is 25.4 Å². The summed E-state index contributed by atoms with van der Waals surface area (Å²) in [6.07, 6.45) is 2.52. The fraction of sp³-hybridized carbons (Fsp3) is 0.417. The molecule has 0 saturated heterocycles. The lowest BCUT2D eigenvalue weighted by Gasteiger charge is -2.15. The molecule has 1 amide bonds. The van der Waals surface area contributed by atoms with Crippen LogP contribution in [0, 0.1) is 12.8 Å². The van der Waals surface area contributed by atoms with Gasteiger partial charge in [0.15, 0.2) is 5.96 Å². The zero-order chi connectivity index (χ0) is 22.1. The summed E-state index contributed by atoms with van der Waals surface area (Å²) in [6.45, 7) is 3.99. The summed E-state index contributed by atoms with van der Waals surface area (Å²) >= 11 is 0. The summed E-state index contributed by atoms with van der Waals surface area (Å²) in [7, 11) is 3.31. The topological polar surface area (TPSA) is 84.0 Å². The van der Waals surface area contributed by atoms with Gasteiger partial charge >= 0.3 is 0 Å². The average Bonchev–Trinajstić information content (AvgIpc) is 3.62. The predicted molar refractivity (Wildman–Crippen MR) is 138 cm³/mol. The molecule has 3 N–H and O–H groups in total. The van der Waals surface area contributed by atoms with Crippen LogP contribution in [0.4, 0.5) is 0 Å². The number of ether oxygens (including phenoxy) is 2. The number of amides is 1. The van der Waals surface area contributed by atoms with Crippen molar-refractivity contribution >= 4 is 35.8 Å². The van der Waals surface area contributed by atoms with Crippen LogP contribution in [0.3, 0.4) is 0 Å². The first kappa shape index (κ1) is 25.8. The quantitative estimate of drug-likeness (QED) is 0.239. The number of nitrogens with one attached hydrogen (secondary N) is 3. The van der Waals surface area contributed by atoms with E-state index in [0.717, 1.165) is 29.2 Å². The number of methoxy groups -OCH3 is 1. The summed E-state index contributed by atoms with van der Waals surface area (Å²) in [5, 5.41) is 9.20. The Morgan fingerprint density at radius 1 is 1.06 bits per heavy atom. The molecule has 0 radical (unpaired) electrons. The van der Waals surface area contributed by atoms with Gasteiger partial charge in [0.05, 0.1) is 20.3 Å². The van der Waals surface area contributed by atoms with E-state index in [9.17, 15) is 4.79 Å². The lowest BCUT2D eigenvalue weighted by Crippen LogP contribution is -2.42. The minimum absolute atomic E-state index is 0. The highest BCUT2D eigenvalue weighted by atomic mass is 127. The van der Waals surface area contributed by atoms with Gasteiger partial charge in [0.2, 0.25) is 5.91 Å². The Hall–Kier alpha value is -2.49. The van der Waals surface area contributed by atoms with Gasteiger partial charge in [0, 0.05) is 25.7 Å². The highest BCUT2D eigenvalue weighted by molar-refractivity contribution is 14.0. The van der Waals surface area contributed by atoms with Crippen LogP contribution in [0.5, 0.6) is 11.5 Å². The van der Waals surface area contributed by atoms with Crippen LogP contribution in [0.15, 0.2) is 47.5 Å². The van der Waals surface area contributed by atoms with Crippen molar-refractivity contribution < 1.29 is 14.3 Å². The number of guanidine groups is 1. The third-order valence-corrected chi connectivity index (χ3v) is 5.13. The third kappa shape index (κ3) is 8.57. The smallest absolute Gasteiger partial charge is 0.239 e. The molecule has 8 heteroatoms. The number of nitrogens with zero attached hydrogens (tertiary/aromatic N) is 1. The number of rotatable bonds is 10. The zero-order valence-electron chi connectivity index (χ0n) is 18.9. The third-order valence-electron chi connectivity index (χ3n) is 5.13. The molecule has 0 aromatic heterocycles. The van der Waals surface area contributed by atoms with E-state index < -0.39 is 0 Å². The number of aliphatic imine (C=N–C) groups is 1. The first-order valence-electron chi connectivity index (χ1n) is 10.6. The van der Waals surface area contributed by atoms with Crippen LogP contribution >= 0.6 is 24.0 Å². The molecule has 1 aliphatic rings. The normalized spacial score (nSPS) is 13.0. The van der Waals surface area contributed by atoms with E-state index in [4.69, 9.17) is 9.47 Å². The summed E-state index contributed by atoms with van der Waals surface area (Å²) in [5.41, 5.74) is 3.25. The van der Waals surface area contributed by atoms with Crippen molar-refractivity contribution in [1.29, 1.82) is 0 Å². The molecule has 1 aliphatic carbocycles. The molecule has 0 unspecified atom stereocenters. The lowest BCUT2D eigenvalue weighted by molar-refractivity contribution is -0.120. The Labute approximate surface area is 207 Å². The van der Waals surface area contributed by atoms with Crippen LogP contribution < -0.4 is 25.4 Å². The molecule has 0 atom stereocenters. The molecule has 1 fully saturated rings. The number of hydrogen-bond acceptors (Lipinski definition) is 4. The van der Waals surface area contributed by atoms with E-state index in [1.54, 1.807) is 14.2 Å². The van der Waals surface area contributed by atoms with Crippen LogP contribution in [-0.4, -0.2) is 39.2 Å². The van der Waals surface area contributed by atoms with Gasteiger partial charge in [0.25, 0.3) is 0 Å². The van der Waals surface area contributed by atoms with Crippen molar-refractivity contribution in [3.05, 3.63) is 59.2 Å². The summed E-state index contributed by atoms with van der Waals surface area (Å²) in [4.78, 5) is 16.4. The molecular weight excluding hydrogens is 519 g/mol. The predicted octanol–water partition coefficient (Wildman–Crippen LogP) is 3.39. The second-order valence-corrected chi connectivity index (χ2v) is 7.77. The van der Waals surface area contributed by atoms with E-state index >= 15 is 0 Å². The molecule has 0 bridgehead atoms. The minimum atomic E-state index is -0.109. The molecule has 0 aliphatic heterocycles. The maximum absolute atomic E-state index is 12.2.